The number of aromatic nitrogens is 2. The Morgan fingerprint density at radius 1 is 1.44 bits per heavy atom. The average molecular weight is 519 g/mol. The highest BCUT2D eigenvalue weighted by atomic mass is 32.2. The SMILES string of the molecule is Cc1cn([C@H]2C[C@H](N=[N+]=[N-])[C@@H](COP(=O)(O)C(=O)OCCSC(=O)C(C)(C)C)O2)c(=O)[nH]c1=O. The molecule has 1 aromatic rings. The van der Waals surface area contributed by atoms with Gasteiger partial charge in [-0.3, -0.25) is 23.7 Å². The van der Waals surface area contributed by atoms with Gasteiger partial charge >= 0.3 is 19.0 Å². The van der Waals surface area contributed by atoms with Crippen LogP contribution in [0.1, 0.15) is 39.0 Å². The molecule has 0 radical (unpaired) electrons. The van der Waals surface area contributed by atoms with Crippen molar-refractivity contribution in [1.29, 1.82) is 0 Å². The van der Waals surface area contributed by atoms with Crippen LogP contribution in [-0.2, 0) is 23.4 Å². The number of thioether (sulfide) groups is 1. The molecule has 0 aromatic carbocycles. The fourth-order valence-corrected chi connectivity index (χ4v) is 4.31. The third-order valence-corrected chi connectivity index (χ3v) is 6.99. The molecule has 4 atom stereocenters. The minimum atomic E-state index is -4.88. The second-order valence-electron chi connectivity index (χ2n) is 8.43. The van der Waals surface area contributed by atoms with Gasteiger partial charge in [0.15, 0.2) is 5.12 Å². The van der Waals surface area contributed by atoms with E-state index in [2.05, 4.69) is 15.0 Å². The molecule has 1 aliphatic rings. The molecule has 0 saturated carbocycles. The normalized spacial score (nSPS) is 22.0. The van der Waals surface area contributed by atoms with Gasteiger partial charge in [0.1, 0.15) is 12.8 Å². The quantitative estimate of drug-likeness (QED) is 0.160. The Morgan fingerprint density at radius 2 is 2.12 bits per heavy atom. The molecule has 34 heavy (non-hydrogen) atoms. The van der Waals surface area contributed by atoms with Crippen LogP contribution >= 0.6 is 19.4 Å². The maximum atomic E-state index is 12.2. The molecule has 14 nitrogen and oxygen atoms in total. The molecular weight excluding hydrogens is 493 g/mol. The van der Waals surface area contributed by atoms with Gasteiger partial charge in [-0.1, -0.05) is 37.6 Å². The van der Waals surface area contributed by atoms with Crippen LogP contribution in [0.2, 0.25) is 0 Å². The third kappa shape index (κ3) is 7.29. The van der Waals surface area contributed by atoms with E-state index in [1.165, 1.54) is 13.1 Å². The average Bonchev–Trinajstić information content (AvgIpc) is 3.14. The Labute approximate surface area is 198 Å². The van der Waals surface area contributed by atoms with E-state index < -0.39 is 55.0 Å². The van der Waals surface area contributed by atoms with Crippen LogP contribution in [0, 0.1) is 12.3 Å². The van der Waals surface area contributed by atoms with Crippen molar-refractivity contribution in [2.45, 2.75) is 52.5 Å². The van der Waals surface area contributed by atoms with Crippen molar-refractivity contribution < 1.29 is 33.0 Å². The maximum absolute atomic E-state index is 12.2. The van der Waals surface area contributed by atoms with Crippen molar-refractivity contribution in [3.63, 3.8) is 0 Å². The van der Waals surface area contributed by atoms with Gasteiger partial charge < -0.3 is 14.4 Å². The molecule has 2 N–H and O–H groups in total. The Balaban J connectivity index is 1.97. The van der Waals surface area contributed by atoms with E-state index in [4.69, 9.17) is 19.5 Å². The molecule has 2 rings (SSSR count). The van der Waals surface area contributed by atoms with Gasteiger partial charge in [-0.05, 0) is 12.5 Å². The molecule has 1 fully saturated rings. The predicted octanol–water partition coefficient (Wildman–Crippen LogP) is 2.46. The molecule has 0 aliphatic carbocycles. The van der Waals surface area contributed by atoms with Gasteiger partial charge in [-0.25, -0.2) is 14.2 Å². The first-order valence-corrected chi connectivity index (χ1v) is 12.7. The van der Waals surface area contributed by atoms with Crippen LogP contribution < -0.4 is 11.2 Å². The number of carbonyl (C=O) groups is 2. The maximum Gasteiger partial charge on any atom is 0.435 e. The molecule has 0 amide bonds. The molecule has 1 aliphatic heterocycles. The first kappa shape index (κ1) is 27.8. The highest BCUT2D eigenvalue weighted by Gasteiger charge is 2.40. The number of nitrogens with zero attached hydrogens (tertiary/aromatic N) is 4. The largest absolute Gasteiger partial charge is 0.456 e. The Kier molecular flexibility index (Phi) is 9.29. The van der Waals surface area contributed by atoms with Crippen molar-refractivity contribution in [1.82, 2.24) is 9.55 Å². The van der Waals surface area contributed by atoms with Crippen molar-refractivity contribution in [2.24, 2.45) is 10.5 Å². The van der Waals surface area contributed by atoms with E-state index in [9.17, 15) is 28.6 Å². The number of rotatable bonds is 9. The van der Waals surface area contributed by atoms with Gasteiger partial charge in [0.2, 0.25) is 0 Å². The highest BCUT2D eigenvalue weighted by Crippen LogP contribution is 2.45. The molecule has 188 valence electrons. The highest BCUT2D eigenvalue weighted by molar-refractivity contribution is 8.13. The van der Waals surface area contributed by atoms with Crippen LogP contribution in [0.3, 0.4) is 0 Å². The van der Waals surface area contributed by atoms with Gasteiger partial charge in [-0.2, -0.15) is 0 Å². The lowest BCUT2D eigenvalue weighted by atomic mass is 10.00. The third-order valence-electron chi connectivity index (χ3n) is 4.66. The summed E-state index contributed by atoms with van der Waals surface area (Å²) in [5.74, 6) is 0.0988. The number of azide groups is 1. The minimum absolute atomic E-state index is 0.0165. The number of hydrogen-bond donors (Lipinski definition) is 2. The summed E-state index contributed by atoms with van der Waals surface area (Å²) in [6.07, 6.45) is -0.718. The van der Waals surface area contributed by atoms with Crippen molar-refractivity contribution in [2.75, 3.05) is 19.0 Å². The first-order valence-electron chi connectivity index (χ1n) is 10.1. The first-order chi connectivity index (χ1) is 15.8. The number of ether oxygens (including phenoxy) is 2. The van der Waals surface area contributed by atoms with E-state index >= 15 is 0 Å². The molecule has 0 spiro atoms. The summed E-state index contributed by atoms with van der Waals surface area (Å²) in [6, 6.07) is -0.884. The number of hydrogen-bond acceptors (Lipinski definition) is 10. The zero-order valence-corrected chi connectivity index (χ0v) is 20.7. The number of aromatic amines is 1. The number of nitrogens with one attached hydrogen (secondary N) is 1. The van der Waals surface area contributed by atoms with Crippen LogP contribution in [0.15, 0.2) is 20.9 Å². The monoisotopic (exact) mass is 519 g/mol. The number of aryl methyl sites for hydroxylation is 1. The van der Waals surface area contributed by atoms with Crippen LogP contribution in [0.25, 0.3) is 10.4 Å². The zero-order chi connectivity index (χ0) is 25.7. The molecule has 1 aromatic heterocycles. The summed E-state index contributed by atoms with van der Waals surface area (Å²) >= 11 is 0.932. The lowest BCUT2D eigenvalue weighted by Crippen LogP contribution is -2.33. The lowest BCUT2D eigenvalue weighted by Gasteiger charge is -2.18. The topological polar surface area (TPSA) is 203 Å². The van der Waals surface area contributed by atoms with Crippen LogP contribution in [-0.4, -0.2) is 56.4 Å². The van der Waals surface area contributed by atoms with Crippen LogP contribution in [0.4, 0.5) is 4.79 Å². The number of H-pyrrole nitrogens is 1. The summed E-state index contributed by atoms with van der Waals surface area (Å²) in [5.41, 5.74) is 5.66. The van der Waals surface area contributed by atoms with E-state index in [0.717, 1.165) is 16.3 Å². The fraction of sp³-hybridized carbons (Fsp3) is 0.667. The molecule has 1 unspecified atom stereocenters. The van der Waals surface area contributed by atoms with Crippen molar-refractivity contribution in [3.05, 3.63) is 43.0 Å². The summed E-state index contributed by atoms with van der Waals surface area (Å²) in [6.45, 7) is 5.79. The smallest absolute Gasteiger partial charge is 0.435 e. The standard InChI is InChI=1S/C18H26N5O9PS/c1-10-8-23(16(26)20-14(10)24)13-7-11(21-22-19)12(32-13)9-31-33(28,29)17(27)30-5-6-34-15(25)18(2,3)4/h8,11-13H,5-7,9H2,1-4H3,(H,28,29)(H,20,24,26)/t11-,12+,13+/m0/s1. The Hall–Kier alpha value is -2.41. The van der Waals surface area contributed by atoms with E-state index in [-0.39, 0.29) is 29.5 Å². The van der Waals surface area contributed by atoms with Gasteiger partial charge in [0.25, 0.3) is 5.56 Å². The zero-order valence-electron chi connectivity index (χ0n) is 19.0. The molecular formula is C18H26N5O9PS. The second kappa shape index (κ2) is 11.3. The van der Waals surface area contributed by atoms with E-state index in [1.807, 2.05) is 0 Å². The second-order valence-corrected chi connectivity index (χ2v) is 11.2. The summed E-state index contributed by atoms with van der Waals surface area (Å²) in [7, 11) is -4.88. The lowest BCUT2D eigenvalue weighted by molar-refractivity contribution is -0.117. The summed E-state index contributed by atoms with van der Waals surface area (Å²) in [5, 5.41) is 3.43. The molecule has 2 heterocycles. The van der Waals surface area contributed by atoms with E-state index in [1.54, 1.807) is 20.8 Å². The molecule has 16 heteroatoms. The van der Waals surface area contributed by atoms with E-state index in [0.29, 0.717) is 0 Å². The molecule has 0 bridgehead atoms. The minimum Gasteiger partial charge on any atom is -0.456 e. The fourth-order valence-electron chi connectivity index (χ4n) is 2.81. The van der Waals surface area contributed by atoms with Gasteiger partial charge in [-0.15, -0.1) is 0 Å². The molecule has 1 saturated heterocycles. The Bertz CT molecular complexity index is 1140. The summed E-state index contributed by atoms with van der Waals surface area (Å²) in [4.78, 5) is 62.2. The number of carbonyl (C=O) groups excluding carboxylic acids is 2. The Morgan fingerprint density at radius 3 is 2.74 bits per heavy atom. The van der Waals surface area contributed by atoms with Crippen molar-refractivity contribution in [3.8, 4) is 0 Å². The van der Waals surface area contributed by atoms with Crippen LogP contribution in [0.5, 0.6) is 0 Å². The summed E-state index contributed by atoms with van der Waals surface area (Å²) < 4.78 is 28.6. The van der Waals surface area contributed by atoms with Gasteiger partial charge in [0.05, 0.1) is 18.8 Å². The predicted molar refractivity (Wildman–Crippen MR) is 122 cm³/mol. The van der Waals surface area contributed by atoms with Crippen molar-refractivity contribution >= 4 is 30.2 Å². The van der Waals surface area contributed by atoms with Gasteiger partial charge in [0, 0.05) is 34.3 Å².